The molecule has 0 bridgehead atoms. The van der Waals surface area contributed by atoms with E-state index in [0.717, 1.165) is 32.2 Å². The summed E-state index contributed by atoms with van der Waals surface area (Å²) in [6, 6.07) is 0. The maximum absolute atomic E-state index is 12.3. The highest BCUT2D eigenvalue weighted by molar-refractivity contribution is 5.78. The molecule has 0 radical (unpaired) electrons. The summed E-state index contributed by atoms with van der Waals surface area (Å²) in [5, 5.41) is 0. The Morgan fingerprint density at radius 3 is 2.65 bits per heavy atom. The van der Waals surface area contributed by atoms with Crippen LogP contribution in [0.3, 0.4) is 0 Å². The number of hydrogen-bond acceptors (Lipinski definition) is 3. The predicted molar refractivity (Wildman–Crippen MR) is 80.7 cm³/mol. The number of rotatable bonds is 4. The van der Waals surface area contributed by atoms with E-state index in [1.54, 1.807) is 0 Å². The molecule has 0 aromatic rings. The Morgan fingerprint density at radius 1 is 1.30 bits per heavy atom. The monoisotopic (exact) mass is 282 g/mol. The smallest absolute Gasteiger partial charge is 0.236 e. The quantitative estimate of drug-likeness (QED) is 0.792. The van der Waals surface area contributed by atoms with Gasteiger partial charge in [-0.1, -0.05) is 19.3 Å². The average molecular weight is 282 g/mol. The Kier molecular flexibility index (Phi) is 5.44. The van der Waals surface area contributed by atoms with Gasteiger partial charge < -0.3 is 9.64 Å². The Hall–Kier alpha value is -0.610. The normalized spacial score (nSPS) is 24.6. The van der Waals surface area contributed by atoms with E-state index in [0.29, 0.717) is 6.54 Å². The van der Waals surface area contributed by atoms with Crippen LogP contribution in [0.15, 0.2) is 0 Å². The van der Waals surface area contributed by atoms with E-state index in [1.165, 1.54) is 32.1 Å². The molecular formula is C16H30N2O2. The predicted octanol–water partition coefficient (Wildman–Crippen LogP) is 2.14. The van der Waals surface area contributed by atoms with Crippen LogP contribution >= 0.6 is 0 Å². The molecule has 4 heteroatoms. The van der Waals surface area contributed by atoms with E-state index in [-0.39, 0.29) is 11.5 Å². The molecule has 1 saturated heterocycles. The van der Waals surface area contributed by atoms with Crippen LogP contribution in [0.5, 0.6) is 0 Å². The fraction of sp³-hybridized carbons (Fsp3) is 0.938. The van der Waals surface area contributed by atoms with E-state index in [9.17, 15) is 4.79 Å². The lowest BCUT2D eigenvalue weighted by molar-refractivity contribution is -0.136. The molecule has 0 atom stereocenters. The largest absolute Gasteiger partial charge is 0.373 e. The standard InChI is InChI=1S/C16H30N2O2/c1-16(2)13-18(9-10-20-16)12-15(19)17(3)11-14-7-5-4-6-8-14/h14H,4-13H2,1-3H3. The number of amides is 1. The SMILES string of the molecule is CN(CC1CCCCC1)C(=O)CN1CCOC(C)(C)C1. The van der Waals surface area contributed by atoms with Crippen molar-refractivity contribution < 1.29 is 9.53 Å². The lowest BCUT2D eigenvalue weighted by Crippen LogP contribution is -2.51. The van der Waals surface area contributed by atoms with Crippen LogP contribution in [0.1, 0.15) is 46.0 Å². The maximum atomic E-state index is 12.3. The lowest BCUT2D eigenvalue weighted by Gasteiger charge is -2.38. The Bertz CT molecular complexity index is 324. The highest BCUT2D eigenvalue weighted by Crippen LogP contribution is 2.24. The maximum Gasteiger partial charge on any atom is 0.236 e. The third kappa shape index (κ3) is 4.74. The second-order valence-electron chi connectivity index (χ2n) is 7.10. The van der Waals surface area contributed by atoms with E-state index in [4.69, 9.17) is 4.74 Å². The summed E-state index contributed by atoms with van der Waals surface area (Å²) < 4.78 is 5.69. The highest BCUT2D eigenvalue weighted by atomic mass is 16.5. The Labute approximate surface area is 123 Å². The fourth-order valence-corrected chi connectivity index (χ4v) is 3.42. The third-order valence-corrected chi connectivity index (χ3v) is 4.55. The Balaban J connectivity index is 1.75. The first-order valence-electron chi connectivity index (χ1n) is 8.06. The summed E-state index contributed by atoms with van der Waals surface area (Å²) in [5.41, 5.74) is -0.125. The molecule has 116 valence electrons. The third-order valence-electron chi connectivity index (χ3n) is 4.55. The zero-order valence-corrected chi connectivity index (χ0v) is 13.4. The molecule has 2 rings (SSSR count). The number of nitrogens with zero attached hydrogens (tertiary/aromatic N) is 2. The molecule has 2 fully saturated rings. The van der Waals surface area contributed by atoms with Crippen LogP contribution in [0, 0.1) is 5.92 Å². The second-order valence-corrected chi connectivity index (χ2v) is 7.10. The second kappa shape index (κ2) is 6.90. The molecule has 2 aliphatic rings. The van der Waals surface area contributed by atoms with Gasteiger partial charge in [0.15, 0.2) is 0 Å². The van der Waals surface area contributed by atoms with E-state index < -0.39 is 0 Å². The number of ether oxygens (including phenoxy) is 1. The van der Waals surface area contributed by atoms with Gasteiger partial charge in [0.1, 0.15) is 0 Å². The number of hydrogen-bond donors (Lipinski definition) is 0. The molecule has 1 aliphatic heterocycles. The molecule has 0 spiro atoms. The van der Waals surface area contributed by atoms with E-state index in [2.05, 4.69) is 18.7 Å². The van der Waals surface area contributed by atoms with Gasteiger partial charge in [0.05, 0.1) is 18.8 Å². The molecule has 0 aromatic heterocycles. The van der Waals surface area contributed by atoms with Gasteiger partial charge in [-0.2, -0.15) is 0 Å². The zero-order chi connectivity index (χ0) is 14.6. The van der Waals surface area contributed by atoms with E-state index in [1.807, 2.05) is 11.9 Å². The van der Waals surface area contributed by atoms with Gasteiger partial charge in [-0.25, -0.2) is 0 Å². The summed E-state index contributed by atoms with van der Waals surface area (Å²) in [6.45, 7) is 8.10. The molecule has 20 heavy (non-hydrogen) atoms. The first kappa shape index (κ1) is 15.8. The first-order chi connectivity index (χ1) is 9.46. The van der Waals surface area contributed by atoms with Crippen molar-refractivity contribution in [3.8, 4) is 0 Å². The topological polar surface area (TPSA) is 32.8 Å². The number of morpholine rings is 1. The average Bonchev–Trinajstić information content (AvgIpc) is 2.38. The molecule has 0 aromatic carbocycles. The van der Waals surface area contributed by atoms with Crippen molar-refractivity contribution in [2.24, 2.45) is 5.92 Å². The van der Waals surface area contributed by atoms with Crippen LogP contribution in [0.25, 0.3) is 0 Å². The van der Waals surface area contributed by atoms with Crippen molar-refractivity contribution in [1.82, 2.24) is 9.80 Å². The van der Waals surface area contributed by atoms with Crippen LogP contribution < -0.4 is 0 Å². The molecular weight excluding hydrogens is 252 g/mol. The van der Waals surface area contributed by atoms with Crippen LogP contribution in [0.4, 0.5) is 0 Å². The van der Waals surface area contributed by atoms with Gasteiger partial charge in [-0.15, -0.1) is 0 Å². The van der Waals surface area contributed by atoms with Gasteiger partial charge >= 0.3 is 0 Å². The number of likely N-dealkylation sites (N-methyl/N-ethyl adjacent to an activating group) is 1. The van der Waals surface area contributed by atoms with Crippen molar-refractivity contribution in [2.75, 3.05) is 39.8 Å². The minimum atomic E-state index is -0.125. The van der Waals surface area contributed by atoms with Crippen molar-refractivity contribution in [3.63, 3.8) is 0 Å². The summed E-state index contributed by atoms with van der Waals surface area (Å²) in [4.78, 5) is 16.5. The van der Waals surface area contributed by atoms with Crippen LogP contribution in [-0.4, -0.2) is 61.1 Å². The van der Waals surface area contributed by atoms with Gasteiger partial charge in [0.2, 0.25) is 5.91 Å². The fourth-order valence-electron chi connectivity index (χ4n) is 3.42. The highest BCUT2D eigenvalue weighted by Gasteiger charge is 2.29. The van der Waals surface area contributed by atoms with Gasteiger partial charge in [-0.3, -0.25) is 9.69 Å². The van der Waals surface area contributed by atoms with Crippen molar-refractivity contribution >= 4 is 5.91 Å². The van der Waals surface area contributed by atoms with E-state index >= 15 is 0 Å². The van der Waals surface area contributed by atoms with Gasteiger partial charge in [0.25, 0.3) is 0 Å². The summed E-state index contributed by atoms with van der Waals surface area (Å²) in [5.74, 6) is 0.979. The van der Waals surface area contributed by atoms with Crippen LogP contribution in [0.2, 0.25) is 0 Å². The van der Waals surface area contributed by atoms with Crippen LogP contribution in [-0.2, 0) is 9.53 Å². The molecule has 4 nitrogen and oxygen atoms in total. The minimum Gasteiger partial charge on any atom is -0.373 e. The van der Waals surface area contributed by atoms with Gasteiger partial charge in [0, 0.05) is 26.7 Å². The molecule has 1 amide bonds. The zero-order valence-electron chi connectivity index (χ0n) is 13.4. The lowest BCUT2D eigenvalue weighted by atomic mass is 9.89. The summed E-state index contributed by atoms with van der Waals surface area (Å²) in [7, 11) is 1.96. The summed E-state index contributed by atoms with van der Waals surface area (Å²) >= 11 is 0. The molecule has 1 aliphatic carbocycles. The van der Waals surface area contributed by atoms with Crippen molar-refractivity contribution in [1.29, 1.82) is 0 Å². The summed E-state index contributed by atoms with van der Waals surface area (Å²) in [6.07, 6.45) is 6.64. The molecule has 1 saturated carbocycles. The Morgan fingerprint density at radius 2 is 2.00 bits per heavy atom. The van der Waals surface area contributed by atoms with Crippen molar-refractivity contribution in [2.45, 2.75) is 51.6 Å². The minimum absolute atomic E-state index is 0.125. The first-order valence-corrected chi connectivity index (χ1v) is 8.06. The van der Waals surface area contributed by atoms with Crippen molar-refractivity contribution in [3.05, 3.63) is 0 Å². The van der Waals surface area contributed by atoms with Gasteiger partial charge in [-0.05, 0) is 32.6 Å². The molecule has 0 unspecified atom stereocenters. The molecule has 0 N–H and O–H groups in total. The number of carbonyl (C=O) groups excluding carboxylic acids is 1. The molecule has 1 heterocycles. The number of carbonyl (C=O) groups is 1.